The second-order valence-corrected chi connectivity index (χ2v) is 4.17. The van der Waals surface area contributed by atoms with E-state index in [1.807, 2.05) is 4.98 Å². The van der Waals surface area contributed by atoms with E-state index in [0.717, 1.165) is 16.8 Å². The van der Waals surface area contributed by atoms with Crippen LogP contribution in [0.4, 0.5) is 0 Å². The van der Waals surface area contributed by atoms with Crippen molar-refractivity contribution < 1.29 is 24.8 Å². The van der Waals surface area contributed by atoms with Gasteiger partial charge in [-0.3, -0.25) is 19.8 Å². The molecule has 0 saturated carbocycles. The summed E-state index contributed by atoms with van der Waals surface area (Å²) in [6.45, 7) is -0.852. The molecule has 1 aromatic heterocycles. The summed E-state index contributed by atoms with van der Waals surface area (Å²) < 4.78 is 10.7. The van der Waals surface area contributed by atoms with E-state index < -0.39 is 42.1 Å². The fourth-order valence-electron chi connectivity index (χ4n) is 1.97. The normalized spacial score (nSPS) is 33.0. The van der Waals surface area contributed by atoms with Crippen LogP contribution in [-0.4, -0.2) is 55.9 Å². The average Bonchev–Trinajstić information content (AvgIpc) is 2.65. The minimum Gasteiger partial charge on any atom is -0.447 e. The van der Waals surface area contributed by atoms with Gasteiger partial charge in [-0.1, -0.05) is 0 Å². The Balaban J connectivity index is 2.42. The van der Waals surface area contributed by atoms with Crippen molar-refractivity contribution in [2.24, 2.45) is 0 Å². The van der Waals surface area contributed by atoms with E-state index in [2.05, 4.69) is 0 Å². The molecule has 1 aromatic rings. The summed E-state index contributed by atoms with van der Waals surface area (Å²) in [6, 6.07) is 1.03. The summed E-state index contributed by atoms with van der Waals surface area (Å²) in [4.78, 5) is 24.6. The van der Waals surface area contributed by atoms with Crippen molar-refractivity contribution in [3.63, 3.8) is 0 Å². The molecule has 0 bridgehead atoms. The smallest absolute Gasteiger partial charge is 0.330 e. The Bertz CT molecular complexity index is 611. The summed E-state index contributed by atoms with van der Waals surface area (Å²) in [5.41, 5.74) is -1.50. The second kappa shape index (κ2) is 5.17. The van der Waals surface area contributed by atoms with Crippen LogP contribution in [0.25, 0.3) is 0 Å². The fourth-order valence-corrected chi connectivity index (χ4v) is 1.97. The Hall–Kier alpha value is -2.01. The third kappa shape index (κ3) is 2.14. The lowest BCUT2D eigenvalue weighted by atomic mass is 10.1. The number of rotatable bonds is 4. The van der Waals surface area contributed by atoms with E-state index in [1.165, 1.54) is 0 Å². The number of hydrogen-bond donors (Lipinski definition) is 5. The molecular weight excluding hydrogens is 274 g/mol. The standard InChI is InChI=1S/C10H13N3O7/c11-4-19-10(3-14)7(17)6(16)8(20-10)13-2-1-5(15)12-9(13)18/h1-2,4,6-8,11,14,16-17H,3H2,(H,12,15,18)/t6-,7+,8-,10-/m1/s1. The molecule has 10 heteroatoms. The highest BCUT2D eigenvalue weighted by Crippen LogP contribution is 2.36. The van der Waals surface area contributed by atoms with E-state index in [0.29, 0.717) is 6.40 Å². The third-order valence-electron chi connectivity index (χ3n) is 2.99. The Morgan fingerprint density at radius 1 is 1.55 bits per heavy atom. The monoisotopic (exact) mass is 287 g/mol. The van der Waals surface area contributed by atoms with Gasteiger partial charge in [0.25, 0.3) is 11.3 Å². The fraction of sp³-hybridized carbons (Fsp3) is 0.500. The van der Waals surface area contributed by atoms with Crippen LogP contribution >= 0.6 is 0 Å². The van der Waals surface area contributed by atoms with Crippen molar-refractivity contribution in [3.05, 3.63) is 33.1 Å². The number of aliphatic hydroxyl groups is 3. The first kappa shape index (κ1) is 14.4. The molecule has 0 aliphatic carbocycles. The lowest BCUT2D eigenvalue weighted by Gasteiger charge is -2.27. The Morgan fingerprint density at radius 3 is 2.80 bits per heavy atom. The molecule has 5 N–H and O–H groups in total. The number of hydrogen-bond acceptors (Lipinski definition) is 8. The minimum absolute atomic E-state index is 0.435. The summed E-state index contributed by atoms with van der Waals surface area (Å²) in [7, 11) is 0. The molecule has 10 nitrogen and oxygen atoms in total. The molecule has 0 unspecified atom stereocenters. The number of nitrogens with zero attached hydrogens (tertiary/aromatic N) is 1. The number of ether oxygens (including phenoxy) is 2. The highest BCUT2D eigenvalue weighted by Gasteiger charge is 2.57. The Kier molecular flexibility index (Phi) is 3.72. The molecule has 2 heterocycles. The molecule has 4 atom stereocenters. The topological polar surface area (TPSA) is 158 Å². The van der Waals surface area contributed by atoms with Gasteiger partial charge < -0.3 is 24.8 Å². The second-order valence-electron chi connectivity index (χ2n) is 4.17. The molecule has 0 spiro atoms. The first-order valence-electron chi connectivity index (χ1n) is 5.58. The maximum atomic E-state index is 11.6. The lowest BCUT2D eigenvalue weighted by molar-refractivity contribution is -0.242. The molecule has 20 heavy (non-hydrogen) atoms. The van der Waals surface area contributed by atoms with Gasteiger partial charge in [0.1, 0.15) is 12.7 Å². The summed E-state index contributed by atoms with van der Waals surface area (Å²) in [5, 5.41) is 35.9. The van der Waals surface area contributed by atoms with Crippen LogP contribution in [0.2, 0.25) is 0 Å². The van der Waals surface area contributed by atoms with Gasteiger partial charge >= 0.3 is 5.69 Å². The first-order valence-corrected chi connectivity index (χ1v) is 5.58. The largest absolute Gasteiger partial charge is 0.447 e. The molecule has 0 aromatic carbocycles. The van der Waals surface area contributed by atoms with Crippen LogP contribution in [0.15, 0.2) is 21.9 Å². The molecule has 1 aliphatic heterocycles. The van der Waals surface area contributed by atoms with Crippen LogP contribution < -0.4 is 11.2 Å². The van der Waals surface area contributed by atoms with Crippen molar-refractivity contribution >= 4 is 6.40 Å². The van der Waals surface area contributed by atoms with Gasteiger partial charge in [-0.2, -0.15) is 0 Å². The van der Waals surface area contributed by atoms with Crippen molar-refractivity contribution in [2.45, 2.75) is 24.2 Å². The number of aliphatic hydroxyl groups excluding tert-OH is 3. The van der Waals surface area contributed by atoms with Crippen LogP contribution in [-0.2, 0) is 9.47 Å². The van der Waals surface area contributed by atoms with Crippen LogP contribution in [0.1, 0.15) is 6.23 Å². The molecule has 1 fully saturated rings. The highest BCUT2D eigenvalue weighted by atomic mass is 16.7. The van der Waals surface area contributed by atoms with Gasteiger partial charge in [0, 0.05) is 12.3 Å². The van der Waals surface area contributed by atoms with Crippen LogP contribution in [0.3, 0.4) is 0 Å². The first-order chi connectivity index (χ1) is 9.45. The third-order valence-corrected chi connectivity index (χ3v) is 2.99. The number of nitrogens with one attached hydrogen (secondary N) is 2. The maximum absolute atomic E-state index is 11.6. The summed E-state index contributed by atoms with van der Waals surface area (Å²) in [6.07, 6.45) is -3.19. The van der Waals surface area contributed by atoms with Crippen LogP contribution in [0, 0.1) is 5.41 Å². The molecule has 2 rings (SSSR count). The zero-order chi connectivity index (χ0) is 14.9. The zero-order valence-corrected chi connectivity index (χ0v) is 10.1. The van der Waals surface area contributed by atoms with Crippen molar-refractivity contribution in [2.75, 3.05) is 6.61 Å². The van der Waals surface area contributed by atoms with Gasteiger partial charge in [0.2, 0.25) is 0 Å². The van der Waals surface area contributed by atoms with Crippen molar-refractivity contribution in [1.29, 1.82) is 5.41 Å². The lowest BCUT2D eigenvalue weighted by Crippen LogP contribution is -2.48. The molecule has 0 amide bonds. The summed E-state index contributed by atoms with van der Waals surface area (Å²) >= 11 is 0. The Labute approximate surface area is 111 Å². The number of aromatic amines is 1. The zero-order valence-electron chi connectivity index (χ0n) is 10.1. The van der Waals surface area contributed by atoms with Gasteiger partial charge in [-0.15, -0.1) is 0 Å². The summed E-state index contributed by atoms with van der Waals surface area (Å²) in [5.74, 6) is -2.05. The quantitative estimate of drug-likeness (QED) is 0.293. The molecule has 1 aliphatic rings. The minimum atomic E-state index is -2.05. The van der Waals surface area contributed by atoms with Gasteiger partial charge in [0.15, 0.2) is 18.7 Å². The number of H-pyrrole nitrogens is 1. The van der Waals surface area contributed by atoms with Gasteiger partial charge in [-0.25, -0.2) is 4.79 Å². The van der Waals surface area contributed by atoms with Gasteiger partial charge in [-0.05, 0) is 0 Å². The Morgan fingerprint density at radius 2 is 2.25 bits per heavy atom. The van der Waals surface area contributed by atoms with Crippen molar-refractivity contribution in [3.8, 4) is 0 Å². The van der Waals surface area contributed by atoms with E-state index in [1.54, 1.807) is 0 Å². The predicted molar refractivity (Wildman–Crippen MR) is 63.1 cm³/mol. The highest BCUT2D eigenvalue weighted by molar-refractivity contribution is 5.42. The molecule has 0 radical (unpaired) electrons. The molecule has 1 saturated heterocycles. The van der Waals surface area contributed by atoms with Crippen molar-refractivity contribution in [1.82, 2.24) is 9.55 Å². The molecular formula is C10H13N3O7. The number of aromatic nitrogens is 2. The SMILES string of the molecule is N=CO[C@]1(CO)O[C@@H](n2ccc(=O)[nH]c2=O)[C@H](O)[C@@H]1O. The maximum Gasteiger partial charge on any atom is 0.330 e. The van der Waals surface area contributed by atoms with E-state index in [9.17, 15) is 24.9 Å². The van der Waals surface area contributed by atoms with Gasteiger partial charge in [0.05, 0.1) is 0 Å². The van der Waals surface area contributed by atoms with E-state index >= 15 is 0 Å². The average molecular weight is 287 g/mol. The van der Waals surface area contributed by atoms with Crippen LogP contribution in [0.5, 0.6) is 0 Å². The predicted octanol–water partition coefficient (Wildman–Crippen LogP) is -2.90. The molecule has 110 valence electrons. The van der Waals surface area contributed by atoms with E-state index in [4.69, 9.17) is 14.9 Å². The van der Waals surface area contributed by atoms with E-state index in [-0.39, 0.29) is 0 Å².